The molecule has 4 rings (SSSR count). The molecule has 2 heterocycles. The van der Waals surface area contributed by atoms with Gasteiger partial charge in [0.15, 0.2) is 11.7 Å². The molecular weight excluding hydrogens is 400 g/mol. The van der Waals surface area contributed by atoms with Gasteiger partial charge in [-0.3, -0.25) is 9.80 Å². The van der Waals surface area contributed by atoms with Gasteiger partial charge < -0.3 is 14.6 Å². The van der Waals surface area contributed by atoms with E-state index in [1.165, 1.54) is 16.9 Å². The summed E-state index contributed by atoms with van der Waals surface area (Å²) in [7, 11) is 1.44. The van der Waals surface area contributed by atoms with Crippen molar-refractivity contribution in [1.29, 1.82) is 0 Å². The zero-order valence-electron chi connectivity index (χ0n) is 18.5. The maximum Gasteiger partial charge on any atom is 0.407 e. The lowest BCUT2D eigenvalue weighted by atomic mass is 9.91. The summed E-state index contributed by atoms with van der Waals surface area (Å²) < 4.78 is 19.8. The summed E-state index contributed by atoms with van der Waals surface area (Å²) in [5, 5.41) is 9.72. The van der Waals surface area contributed by atoms with Crippen molar-refractivity contribution in [3.05, 3.63) is 53.2 Å². The Bertz CT molecular complexity index is 1080. The second-order valence-corrected chi connectivity index (χ2v) is 7.94. The van der Waals surface area contributed by atoms with Gasteiger partial charge in [0.1, 0.15) is 11.6 Å². The van der Waals surface area contributed by atoms with E-state index in [0.717, 1.165) is 5.56 Å². The number of carbonyl (C=O) groups excluding carboxylic acids is 2. The van der Waals surface area contributed by atoms with E-state index >= 15 is 0 Å². The zero-order valence-corrected chi connectivity index (χ0v) is 17.5. The van der Waals surface area contributed by atoms with Crippen LogP contribution in [0.15, 0.2) is 47.6 Å². The highest BCUT2D eigenvalue weighted by molar-refractivity contribution is 5.72. The molecule has 1 amide bonds. The summed E-state index contributed by atoms with van der Waals surface area (Å²) in [4.78, 5) is 38.3. The van der Waals surface area contributed by atoms with Gasteiger partial charge in [0.25, 0.3) is 5.88 Å². The van der Waals surface area contributed by atoms with Gasteiger partial charge in [0.2, 0.25) is 0 Å². The van der Waals surface area contributed by atoms with Gasteiger partial charge in [-0.2, -0.15) is 0 Å². The number of hydrogen-bond acceptors (Lipinski definition) is 6. The molecule has 8 heteroatoms. The molecule has 0 radical (unpaired) electrons. The number of nitrogens with zero attached hydrogens (tertiary/aromatic N) is 2. The van der Waals surface area contributed by atoms with Gasteiger partial charge in [-0.05, 0) is 25.7 Å². The van der Waals surface area contributed by atoms with E-state index < -0.39 is 30.1 Å². The number of piperidine rings is 1. The molecule has 0 spiro atoms. The highest BCUT2D eigenvalue weighted by Crippen LogP contribution is 2.50. The number of fused-ring (bicyclic) bond motifs is 1. The Balaban J connectivity index is 1.68. The predicted molar refractivity (Wildman–Crippen MR) is 110 cm³/mol. The van der Waals surface area contributed by atoms with Gasteiger partial charge in [0, 0.05) is 26.0 Å². The summed E-state index contributed by atoms with van der Waals surface area (Å²) in [6, 6.07) is 8.18. The minimum absolute atomic E-state index is 0.0728. The number of amides is 1. The van der Waals surface area contributed by atoms with E-state index in [0.29, 0.717) is 24.3 Å². The molecule has 3 aliphatic rings. The lowest BCUT2D eigenvalue weighted by Crippen LogP contribution is -2.49. The van der Waals surface area contributed by atoms with Crippen molar-refractivity contribution in [2.75, 3.05) is 7.11 Å². The van der Waals surface area contributed by atoms with E-state index in [2.05, 4.69) is 0 Å². The molecule has 1 saturated carbocycles. The number of methoxy groups -OCH3 is 1. The fourth-order valence-corrected chi connectivity index (χ4v) is 4.73. The van der Waals surface area contributed by atoms with E-state index in [1.54, 1.807) is 19.8 Å². The molecule has 1 N–H and O–H groups in total. The van der Waals surface area contributed by atoms with Crippen LogP contribution < -0.4 is 0 Å². The minimum Gasteiger partial charge on any atom is -0.465 e. The molecule has 0 bridgehead atoms. The van der Waals surface area contributed by atoms with Gasteiger partial charge in [0.05, 0.1) is 17.8 Å². The molecule has 8 nitrogen and oxygen atoms in total. The Hall–Kier alpha value is -3.31. The topological polar surface area (TPSA) is 96.4 Å². The molecular formula is C23H24N2O6. The number of hydrogen-bond donors (Lipinski definition) is 1. The van der Waals surface area contributed by atoms with Crippen molar-refractivity contribution in [2.45, 2.75) is 44.9 Å². The summed E-state index contributed by atoms with van der Waals surface area (Å²) in [5.74, 6) is 2.41. The Kier molecular flexibility index (Phi) is 5.12. The molecule has 5 atom stereocenters. The van der Waals surface area contributed by atoms with E-state index in [1.807, 2.05) is 36.3 Å². The number of benzene rings is 1. The SMILES string of the molecule is [2H]C12CC([C@H](OC)[C@H](C)C(=C=O)N3C(=C=O)OC(c4ccccc4)=C3C)N(C(=O)O)C1C2. The number of rotatable bonds is 6. The van der Waals surface area contributed by atoms with Crippen molar-refractivity contribution in [2.24, 2.45) is 11.8 Å². The summed E-state index contributed by atoms with van der Waals surface area (Å²) >= 11 is 0. The predicted octanol–water partition coefficient (Wildman–Crippen LogP) is 2.89. The van der Waals surface area contributed by atoms with Crippen molar-refractivity contribution in [3.63, 3.8) is 0 Å². The Morgan fingerprint density at radius 1 is 1.32 bits per heavy atom. The Labute approximate surface area is 181 Å². The van der Waals surface area contributed by atoms with E-state index in [4.69, 9.17) is 10.8 Å². The summed E-state index contributed by atoms with van der Waals surface area (Å²) in [6.45, 7) is 3.43. The molecule has 162 valence electrons. The average Bonchev–Trinajstić information content (AvgIpc) is 3.17. The first-order valence-electron chi connectivity index (χ1n) is 10.6. The maximum atomic E-state index is 12.1. The van der Waals surface area contributed by atoms with Crippen LogP contribution in [0.3, 0.4) is 0 Å². The first kappa shape index (κ1) is 19.6. The first-order chi connectivity index (χ1) is 15.3. The van der Waals surface area contributed by atoms with Crippen LogP contribution in [0.25, 0.3) is 5.76 Å². The van der Waals surface area contributed by atoms with E-state index in [9.17, 15) is 19.5 Å². The molecule has 2 aliphatic heterocycles. The molecule has 1 aliphatic carbocycles. The van der Waals surface area contributed by atoms with Gasteiger partial charge in [-0.15, -0.1) is 0 Å². The highest BCUT2D eigenvalue weighted by Gasteiger charge is 2.57. The molecule has 31 heavy (non-hydrogen) atoms. The Morgan fingerprint density at radius 2 is 2.03 bits per heavy atom. The van der Waals surface area contributed by atoms with Crippen LogP contribution in [0, 0.1) is 11.8 Å². The van der Waals surface area contributed by atoms with Crippen LogP contribution >= 0.6 is 0 Å². The van der Waals surface area contributed by atoms with Crippen LogP contribution in [0.1, 0.15) is 33.6 Å². The first-order valence-corrected chi connectivity index (χ1v) is 10.1. The van der Waals surface area contributed by atoms with Gasteiger partial charge in [-0.25, -0.2) is 14.4 Å². The van der Waals surface area contributed by atoms with Crippen LogP contribution in [0.5, 0.6) is 0 Å². The third kappa shape index (κ3) is 3.45. The molecule has 3 unspecified atom stereocenters. The molecule has 1 aromatic carbocycles. The lowest BCUT2D eigenvalue weighted by Gasteiger charge is -2.36. The fourth-order valence-electron chi connectivity index (χ4n) is 4.73. The number of carboxylic acid groups (broad SMARTS) is 1. The summed E-state index contributed by atoms with van der Waals surface area (Å²) in [6.07, 6.45) is -1.02. The maximum absolute atomic E-state index is 12.1. The van der Waals surface area contributed by atoms with Crippen LogP contribution in [-0.2, 0) is 19.1 Å². The zero-order chi connectivity index (χ0) is 23.2. The second-order valence-electron chi connectivity index (χ2n) is 7.94. The van der Waals surface area contributed by atoms with Crippen molar-refractivity contribution < 1.29 is 30.3 Å². The van der Waals surface area contributed by atoms with Crippen molar-refractivity contribution in [3.8, 4) is 0 Å². The molecule has 2 fully saturated rings. The third-order valence-electron chi connectivity index (χ3n) is 6.26. The highest BCUT2D eigenvalue weighted by atomic mass is 16.5. The fraction of sp³-hybridized carbons (Fsp3) is 0.435. The standard InChI is InChI=1S/C23H24N2O6/c1-13(21(30-3)18-10-16-9-17(16)25(18)23(28)29)19(11-26)24-14(2)22(31-20(24)12-27)15-7-5-4-6-8-15/h4-8,13,16-18,21H,9-10H2,1-3H3,(H,28,29)/t13-,16?,17?,18?,21-/m1/s1/i16D. The van der Waals surface area contributed by atoms with Gasteiger partial charge >= 0.3 is 6.09 Å². The Morgan fingerprint density at radius 3 is 2.61 bits per heavy atom. The largest absolute Gasteiger partial charge is 0.465 e. The number of ether oxygens (including phenoxy) is 2. The molecule has 0 aromatic heterocycles. The lowest BCUT2D eigenvalue weighted by molar-refractivity contribution is -0.00271. The number of allylic oxidation sites excluding steroid dienone is 1. The van der Waals surface area contributed by atoms with Crippen LogP contribution in [-0.4, -0.2) is 58.2 Å². The number of likely N-dealkylation sites (tertiary alicyclic amines) is 1. The quantitative estimate of drug-likeness (QED) is 0.700. The van der Waals surface area contributed by atoms with Gasteiger partial charge in [-0.1, -0.05) is 37.3 Å². The number of carbonyl (C=O) groups is 1. The van der Waals surface area contributed by atoms with Crippen LogP contribution in [0.2, 0.25) is 0 Å². The van der Waals surface area contributed by atoms with Crippen molar-refractivity contribution in [1.82, 2.24) is 9.80 Å². The second kappa shape index (κ2) is 8.08. The molecule has 1 saturated heterocycles. The summed E-state index contributed by atoms with van der Waals surface area (Å²) in [5.41, 5.74) is 1.31. The normalized spacial score (nSPS) is 28.9. The average molecular weight is 425 g/mol. The van der Waals surface area contributed by atoms with Crippen LogP contribution in [0.4, 0.5) is 4.79 Å². The monoisotopic (exact) mass is 425 g/mol. The third-order valence-corrected chi connectivity index (χ3v) is 6.26. The van der Waals surface area contributed by atoms with Crippen molar-refractivity contribution >= 4 is 23.7 Å². The molecule has 1 aromatic rings. The van der Waals surface area contributed by atoms with E-state index in [-0.39, 0.29) is 17.6 Å². The smallest absolute Gasteiger partial charge is 0.407 e. The minimum atomic E-state index is -1.11.